The fourth-order valence-corrected chi connectivity index (χ4v) is 4.50. The van der Waals surface area contributed by atoms with Gasteiger partial charge in [0.1, 0.15) is 0 Å². The van der Waals surface area contributed by atoms with Crippen molar-refractivity contribution in [1.82, 2.24) is 14.9 Å². The van der Waals surface area contributed by atoms with Crippen molar-refractivity contribution in [2.75, 3.05) is 38.8 Å². The lowest BCUT2D eigenvalue weighted by atomic mass is 9.73. The molecule has 2 aromatic carbocycles. The molecule has 0 N–H and O–H groups in total. The summed E-state index contributed by atoms with van der Waals surface area (Å²) in [5, 5.41) is 0. The van der Waals surface area contributed by atoms with E-state index in [2.05, 4.69) is 70.3 Å². The molecule has 5 rings (SSSR count). The van der Waals surface area contributed by atoms with Gasteiger partial charge in [-0.2, -0.15) is 0 Å². The van der Waals surface area contributed by atoms with Gasteiger partial charge in [-0.25, -0.2) is 9.97 Å². The first kappa shape index (κ1) is 20.6. The highest BCUT2D eigenvalue weighted by molar-refractivity contribution is 5.90. The number of nitrogens with zero attached hydrogens (tertiary/aromatic N) is 4. The zero-order chi connectivity index (χ0) is 22.3. The molecule has 3 aromatic rings. The van der Waals surface area contributed by atoms with Crippen LogP contribution in [0.1, 0.15) is 38.6 Å². The van der Waals surface area contributed by atoms with E-state index in [-0.39, 0.29) is 17.1 Å². The monoisotopic (exact) mass is 428 g/mol. The first-order valence-corrected chi connectivity index (χ1v) is 11.0. The average molecular weight is 429 g/mol. The largest absolute Gasteiger partial charge is 0.379 e. The van der Waals surface area contributed by atoms with E-state index in [4.69, 9.17) is 4.74 Å². The molecule has 1 fully saturated rings. The number of fused-ring (bicyclic) bond motifs is 1. The van der Waals surface area contributed by atoms with Gasteiger partial charge in [-0.3, -0.25) is 4.79 Å². The number of carbonyl (C=O) groups is 1. The molecule has 0 atom stereocenters. The Bertz CT molecular complexity index is 1140. The van der Waals surface area contributed by atoms with E-state index in [0.717, 1.165) is 29.9 Å². The fraction of sp³-hybridized carbons (Fsp3) is 0.346. The molecular formula is C26H28N4O2. The highest BCUT2D eigenvalue weighted by Gasteiger charge is 2.42. The number of anilines is 1. The molecule has 1 saturated heterocycles. The van der Waals surface area contributed by atoms with Gasteiger partial charge < -0.3 is 14.5 Å². The molecule has 2 aliphatic heterocycles. The van der Waals surface area contributed by atoms with Gasteiger partial charge in [0.2, 0.25) is 5.82 Å². The summed E-state index contributed by atoms with van der Waals surface area (Å²) in [6.07, 6.45) is 2.68. The van der Waals surface area contributed by atoms with Gasteiger partial charge in [0.05, 0.1) is 30.9 Å². The van der Waals surface area contributed by atoms with E-state index in [1.54, 1.807) is 20.3 Å². The predicted molar refractivity (Wildman–Crippen MR) is 124 cm³/mol. The normalized spacial score (nSPS) is 16.8. The molecular weight excluding hydrogens is 400 g/mol. The SMILES string of the molecule is Cc1ccc(C2(c3ccc(N4CCc5cnc(C(=O)N(C)C)nc5C4)cc3)COC2)cc1. The van der Waals surface area contributed by atoms with Crippen LogP contribution in [0.2, 0.25) is 0 Å². The molecule has 6 nitrogen and oxygen atoms in total. The molecule has 0 bridgehead atoms. The lowest BCUT2D eigenvalue weighted by Crippen LogP contribution is -2.47. The second-order valence-corrected chi connectivity index (χ2v) is 9.02. The van der Waals surface area contributed by atoms with Gasteiger partial charge in [-0.1, -0.05) is 42.0 Å². The van der Waals surface area contributed by atoms with Crippen LogP contribution in [0.3, 0.4) is 0 Å². The standard InChI is InChI=1S/C26H28N4O2/c1-18-4-6-20(7-5-18)26(16-32-17-26)21-8-10-22(11-9-21)30-13-12-19-14-27-24(25(31)29(2)3)28-23(19)15-30/h4-11,14H,12-13,15-17H2,1-3H3. The van der Waals surface area contributed by atoms with E-state index in [9.17, 15) is 4.79 Å². The Morgan fingerprint density at radius 3 is 2.28 bits per heavy atom. The number of rotatable bonds is 4. The number of carbonyl (C=O) groups excluding carboxylic acids is 1. The summed E-state index contributed by atoms with van der Waals surface area (Å²) in [5.74, 6) is 0.0920. The Labute approximate surface area is 188 Å². The van der Waals surface area contributed by atoms with Gasteiger partial charge in [0, 0.05) is 32.5 Å². The summed E-state index contributed by atoms with van der Waals surface area (Å²) in [4.78, 5) is 24.9. The number of aromatic nitrogens is 2. The number of aryl methyl sites for hydroxylation is 1. The maximum atomic E-state index is 12.3. The van der Waals surface area contributed by atoms with Crippen molar-refractivity contribution >= 4 is 11.6 Å². The molecule has 1 aromatic heterocycles. The summed E-state index contributed by atoms with van der Waals surface area (Å²) in [6, 6.07) is 17.6. The van der Waals surface area contributed by atoms with E-state index in [1.807, 2.05) is 0 Å². The van der Waals surface area contributed by atoms with Crippen molar-refractivity contribution in [3.63, 3.8) is 0 Å². The minimum atomic E-state index is -0.168. The molecule has 3 heterocycles. The number of amides is 1. The smallest absolute Gasteiger partial charge is 0.291 e. The van der Waals surface area contributed by atoms with Crippen LogP contribution in [0, 0.1) is 6.92 Å². The van der Waals surface area contributed by atoms with Crippen LogP contribution in [0.25, 0.3) is 0 Å². The Balaban J connectivity index is 1.38. The van der Waals surface area contributed by atoms with Crippen LogP contribution in [0.5, 0.6) is 0 Å². The van der Waals surface area contributed by atoms with E-state index in [0.29, 0.717) is 19.8 Å². The molecule has 0 spiro atoms. The zero-order valence-corrected chi connectivity index (χ0v) is 18.8. The minimum Gasteiger partial charge on any atom is -0.379 e. The van der Waals surface area contributed by atoms with Gasteiger partial charge in [-0.15, -0.1) is 0 Å². The van der Waals surface area contributed by atoms with Crippen molar-refractivity contribution in [2.24, 2.45) is 0 Å². The van der Waals surface area contributed by atoms with E-state index >= 15 is 0 Å². The average Bonchev–Trinajstić information content (AvgIpc) is 2.79. The summed E-state index contributed by atoms with van der Waals surface area (Å²) in [7, 11) is 3.44. The molecule has 2 aliphatic rings. The van der Waals surface area contributed by atoms with Crippen LogP contribution < -0.4 is 4.90 Å². The second-order valence-electron chi connectivity index (χ2n) is 9.02. The zero-order valence-electron chi connectivity index (χ0n) is 18.8. The van der Waals surface area contributed by atoms with Crippen LogP contribution in [0.15, 0.2) is 54.7 Å². The lowest BCUT2D eigenvalue weighted by Gasteiger charge is -2.43. The topological polar surface area (TPSA) is 58.6 Å². The molecule has 32 heavy (non-hydrogen) atoms. The third kappa shape index (κ3) is 3.54. The van der Waals surface area contributed by atoms with E-state index in [1.165, 1.54) is 21.6 Å². The van der Waals surface area contributed by atoms with Crippen molar-refractivity contribution < 1.29 is 9.53 Å². The van der Waals surface area contributed by atoms with Crippen molar-refractivity contribution in [1.29, 1.82) is 0 Å². The molecule has 164 valence electrons. The molecule has 0 radical (unpaired) electrons. The maximum absolute atomic E-state index is 12.3. The van der Waals surface area contributed by atoms with Gasteiger partial charge in [-0.05, 0) is 42.2 Å². The van der Waals surface area contributed by atoms with Crippen molar-refractivity contribution in [2.45, 2.75) is 25.3 Å². The van der Waals surface area contributed by atoms with Gasteiger partial charge >= 0.3 is 0 Å². The van der Waals surface area contributed by atoms with E-state index < -0.39 is 0 Å². The number of hydrogen-bond donors (Lipinski definition) is 0. The molecule has 0 aliphatic carbocycles. The van der Waals surface area contributed by atoms with Crippen molar-refractivity contribution in [3.8, 4) is 0 Å². The summed E-state index contributed by atoms with van der Waals surface area (Å²) in [6.45, 7) is 5.13. The summed E-state index contributed by atoms with van der Waals surface area (Å²) >= 11 is 0. The first-order valence-electron chi connectivity index (χ1n) is 11.0. The predicted octanol–water partition coefficient (Wildman–Crippen LogP) is 3.37. The highest BCUT2D eigenvalue weighted by atomic mass is 16.5. The second kappa shape index (κ2) is 8.02. The molecule has 0 saturated carbocycles. The van der Waals surface area contributed by atoms with Crippen LogP contribution >= 0.6 is 0 Å². The lowest BCUT2D eigenvalue weighted by molar-refractivity contribution is -0.0379. The van der Waals surface area contributed by atoms with Crippen LogP contribution in [-0.4, -0.2) is 54.6 Å². The third-order valence-electron chi connectivity index (χ3n) is 6.63. The highest BCUT2D eigenvalue weighted by Crippen LogP contribution is 2.40. The van der Waals surface area contributed by atoms with Gasteiger partial charge in [0.25, 0.3) is 5.91 Å². The molecule has 1 amide bonds. The van der Waals surface area contributed by atoms with Crippen LogP contribution in [0.4, 0.5) is 5.69 Å². The number of benzene rings is 2. The van der Waals surface area contributed by atoms with Gasteiger partial charge in [0.15, 0.2) is 0 Å². The first-order chi connectivity index (χ1) is 15.5. The number of ether oxygens (including phenoxy) is 1. The fourth-order valence-electron chi connectivity index (χ4n) is 4.50. The minimum absolute atomic E-state index is 0.0601. The summed E-state index contributed by atoms with van der Waals surface area (Å²) in [5.41, 5.74) is 7.03. The summed E-state index contributed by atoms with van der Waals surface area (Å²) < 4.78 is 5.65. The maximum Gasteiger partial charge on any atom is 0.291 e. The Morgan fingerprint density at radius 2 is 1.69 bits per heavy atom. The number of hydrogen-bond acceptors (Lipinski definition) is 5. The Hall–Kier alpha value is -3.25. The quantitative estimate of drug-likeness (QED) is 0.638. The van der Waals surface area contributed by atoms with Crippen molar-refractivity contribution in [3.05, 3.63) is 88.5 Å². The molecule has 0 unspecified atom stereocenters. The Morgan fingerprint density at radius 1 is 1.03 bits per heavy atom. The third-order valence-corrected chi connectivity index (χ3v) is 6.63. The molecule has 6 heteroatoms. The Kier molecular flexibility index (Phi) is 5.18. The van der Waals surface area contributed by atoms with Crippen LogP contribution in [-0.2, 0) is 23.1 Å².